The van der Waals surface area contributed by atoms with Gasteiger partial charge >= 0.3 is 12.2 Å². The first-order valence-corrected chi connectivity index (χ1v) is 5.95. The Kier molecular flexibility index (Phi) is 5.06. The molecule has 0 spiro atoms. The number of rotatable bonds is 2. The van der Waals surface area contributed by atoms with Gasteiger partial charge in [0.1, 0.15) is 0 Å². The van der Waals surface area contributed by atoms with Gasteiger partial charge < -0.3 is 19.3 Å². The third-order valence-corrected chi connectivity index (χ3v) is 2.66. The van der Waals surface area contributed by atoms with Crippen LogP contribution in [0, 0.1) is 0 Å². The minimum atomic E-state index is -0.317. The first-order chi connectivity index (χ1) is 8.10. The summed E-state index contributed by atoms with van der Waals surface area (Å²) in [6.45, 7) is 7.63. The van der Waals surface area contributed by atoms with Crippen LogP contribution in [0.2, 0.25) is 0 Å². The summed E-state index contributed by atoms with van der Waals surface area (Å²) in [5.41, 5.74) is 0. The molecule has 6 heteroatoms. The molecule has 0 N–H and O–H groups in total. The summed E-state index contributed by atoms with van der Waals surface area (Å²) in [6, 6.07) is -0.0489. The van der Waals surface area contributed by atoms with Gasteiger partial charge in [0, 0.05) is 19.6 Å². The van der Waals surface area contributed by atoms with E-state index in [9.17, 15) is 9.59 Å². The molecule has 0 saturated carbocycles. The topological polar surface area (TPSA) is 59.1 Å². The van der Waals surface area contributed by atoms with Crippen LogP contribution in [0.3, 0.4) is 0 Å². The summed E-state index contributed by atoms with van der Waals surface area (Å²) in [4.78, 5) is 26.3. The molecule has 98 valence electrons. The van der Waals surface area contributed by atoms with Gasteiger partial charge in [0.2, 0.25) is 0 Å². The Labute approximate surface area is 101 Å². The number of hydrogen-bond donors (Lipinski definition) is 0. The molecule has 6 nitrogen and oxygen atoms in total. The van der Waals surface area contributed by atoms with Crippen LogP contribution in [0.5, 0.6) is 0 Å². The van der Waals surface area contributed by atoms with Crippen LogP contribution in [0.4, 0.5) is 9.59 Å². The van der Waals surface area contributed by atoms with Gasteiger partial charge in [-0.15, -0.1) is 0 Å². The van der Waals surface area contributed by atoms with E-state index in [1.165, 1.54) is 0 Å². The lowest BCUT2D eigenvalue weighted by atomic mass is 10.2. The zero-order valence-corrected chi connectivity index (χ0v) is 10.6. The van der Waals surface area contributed by atoms with Gasteiger partial charge in [-0.25, -0.2) is 9.59 Å². The summed E-state index contributed by atoms with van der Waals surface area (Å²) in [5, 5.41) is 0. The van der Waals surface area contributed by atoms with Crippen molar-refractivity contribution in [1.82, 2.24) is 9.80 Å². The number of carbonyl (C=O) groups is 2. The molecule has 1 fully saturated rings. The lowest BCUT2D eigenvalue weighted by Crippen LogP contribution is -2.55. The molecule has 1 rings (SSSR count). The second-order valence-electron chi connectivity index (χ2n) is 3.89. The minimum absolute atomic E-state index is 0.0489. The van der Waals surface area contributed by atoms with E-state index in [4.69, 9.17) is 9.47 Å². The predicted octanol–water partition coefficient (Wildman–Crippen LogP) is 1.31. The highest BCUT2D eigenvalue weighted by molar-refractivity contribution is 5.70. The number of hydrogen-bond acceptors (Lipinski definition) is 4. The van der Waals surface area contributed by atoms with Crippen LogP contribution < -0.4 is 0 Å². The van der Waals surface area contributed by atoms with Crippen molar-refractivity contribution in [2.75, 3.05) is 32.8 Å². The second-order valence-corrected chi connectivity index (χ2v) is 3.89. The van der Waals surface area contributed by atoms with Crippen molar-refractivity contribution < 1.29 is 19.1 Å². The zero-order chi connectivity index (χ0) is 12.8. The van der Waals surface area contributed by atoms with E-state index in [0.717, 1.165) is 0 Å². The molecule has 0 aliphatic carbocycles. The SMILES string of the molecule is CCOC(=O)N1CCN(C(=O)OCC)[C@@H](C)C1. The summed E-state index contributed by atoms with van der Waals surface area (Å²) >= 11 is 0. The highest BCUT2D eigenvalue weighted by atomic mass is 16.6. The van der Waals surface area contributed by atoms with Gasteiger partial charge in [0.15, 0.2) is 0 Å². The second kappa shape index (κ2) is 6.32. The lowest BCUT2D eigenvalue weighted by Gasteiger charge is -2.38. The maximum atomic E-state index is 11.6. The molecule has 1 aliphatic heterocycles. The number of carbonyl (C=O) groups excluding carboxylic acids is 2. The van der Waals surface area contributed by atoms with Gasteiger partial charge in [-0.1, -0.05) is 0 Å². The molecule has 0 aromatic rings. The average molecular weight is 244 g/mol. The number of piperazine rings is 1. The highest BCUT2D eigenvalue weighted by Gasteiger charge is 2.30. The first-order valence-electron chi connectivity index (χ1n) is 5.95. The molecular formula is C11H20N2O4. The van der Waals surface area contributed by atoms with Gasteiger partial charge in [-0.2, -0.15) is 0 Å². The normalized spacial score (nSPS) is 20.1. The Balaban J connectivity index is 2.49. The van der Waals surface area contributed by atoms with E-state index >= 15 is 0 Å². The maximum absolute atomic E-state index is 11.6. The summed E-state index contributed by atoms with van der Waals surface area (Å²) < 4.78 is 9.87. The summed E-state index contributed by atoms with van der Waals surface area (Å²) in [7, 11) is 0. The van der Waals surface area contributed by atoms with Crippen LogP contribution in [-0.4, -0.2) is 60.9 Å². The molecule has 1 aliphatic rings. The number of ether oxygens (including phenoxy) is 2. The first kappa shape index (κ1) is 13.6. The van der Waals surface area contributed by atoms with Crippen molar-refractivity contribution in [3.63, 3.8) is 0 Å². The van der Waals surface area contributed by atoms with Crippen LogP contribution in [-0.2, 0) is 9.47 Å². The minimum Gasteiger partial charge on any atom is -0.450 e. The van der Waals surface area contributed by atoms with Crippen LogP contribution in [0.15, 0.2) is 0 Å². The molecule has 1 atom stereocenters. The van der Waals surface area contributed by atoms with Crippen molar-refractivity contribution in [1.29, 1.82) is 0 Å². The highest BCUT2D eigenvalue weighted by Crippen LogP contribution is 2.11. The van der Waals surface area contributed by atoms with E-state index in [-0.39, 0.29) is 18.2 Å². The quantitative estimate of drug-likeness (QED) is 0.734. The smallest absolute Gasteiger partial charge is 0.410 e. The van der Waals surface area contributed by atoms with Crippen molar-refractivity contribution in [2.24, 2.45) is 0 Å². The fourth-order valence-electron chi connectivity index (χ4n) is 1.82. The molecule has 17 heavy (non-hydrogen) atoms. The standard InChI is InChI=1S/C11H20N2O4/c1-4-16-10(14)12-6-7-13(9(3)8-12)11(15)17-5-2/h9H,4-8H2,1-3H3/t9-/m0/s1. The maximum Gasteiger partial charge on any atom is 0.410 e. The van der Waals surface area contributed by atoms with Gasteiger partial charge in [0.25, 0.3) is 0 Å². The Morgan fingerprint density at radius 2 is 1.71 bits per heavy atom. The molecule has 2 amide bonds. The zero-order valence-electron chi connectivity index (χ0n) is 10.6. The third kappa shape index (κ3) is 3.51. The molecule has 1 heterocycles. The van der Waals surface area contributed by atoms with Crippen molar-refractivity contribution >= 4 is 12.2 Å². The Morgan fingerprint density at radius 1 is 1.12 bits per heavy atom. The summed E-state index contributed by atoms with van der Waals surface area (Å²) in [5.74, 6) is 0. The molecular weight excluding hydrogens is 224 g/mol. The molecule has 1 saturated heterocycles. The van der Waals surface area contributed by atoms with Crippen molar-refractivity contribution in [2.45, 2.75) is 26.8 Å². The fourth-order valence-corrected chi connectivity index (χ4v) is 1.82. The summed E-state index contributed by atoms with van der Waals surface area (Å²) in [6.07, 6.45) is -0.633. The number of nitrogens with zero attached hydrogens (tertiary/aromatic N) is 2. The van der Waals surface area contributed by atoms with E-state index in [1.807, 2.05) is 6.92 Å². The van der Waals surface area contributed by atoms with E-state index < -0.39 is 0 Å². The van der Waals surface area contributed by atoms with Gasteiger partial charge in [-0.3, -0.25) is 0 Å². The molecule has 0 aromatic carbocycles. The van der Waals surface area contributed by atoms with Crippen LogP contribution in [0.1, 0.15) is 20.8 Å². The van der Waals surface area contributed by atoms with Crippen molar-refractivity contribution in [3.8, 4) is 0 Å². The molecule has 0 aromatic heterocycles. The van der Waals surface area contributed by atoms with E-state index in [1.54, 1.807) is 23.6 Å². The Morgan fingerprint density at radius 3 is 2.24 bits per heavy atom. The van der Waals surface area contributed by atoms with Crippen LogP contribution >= 0.6 is 0 Å². The Hall–Kier alpha value is -1.46. The predicted molar refractivity (Wildman–Crippen MR) is 61.8 cm³/mol. The number of amides is 2. The molecule has 0 unspecified atom stereocenters. The fraction of sp³-hybridized carbons (Fsp3) is 0.818. The largest absolute Gasteiger partial charge is 0.450 e. The molecule has 0 radical (unpaired) electrons. The van der Waals surface area contributed by atoms with Gasteiger partial charge in [0.05, 0.1) is 19.3 Å². The average Bonchev–Trinajstić information content (AvgIpc) is 2.29. The van der Waals surface area contributed by atoms with Crippen LogP contribution in [0.25, 0.3) is 0 Å². The lowest BCUT2D eigenvalue weighted by molar-refractivity contribution is 0.0439. The van der Waals surface area contributed by atoms with Crippen molar-refractivity contribution in [3.05, 3.63) is 0 Å². The Bertz CT molecular complexity index is 283. The monoisotopic (exact) mass is 244 g/mol. The third-order valence-electron chi connectivity index (χ3n) is 2.66. The molecule has 0 bridgehead atoms. The van der Waals surface area contributed by atoms with E-state index in [0.29, 0.717) is 32.8 Å². The van der Waals surface area contributed by atoms with E-state index in [2.05, 4.69) is 0 Å². The van der Waals surface area contributed by atoms with Gasteiger partial charge in [-0.05, 0) is 20.8 Å².